The molecule has 0 saturated carbocycles. The van der Waals surface area contributed by atoms with Crippen molar-refractivity contribution in [1.29, 1.82) is 0 Å². The van der Waals surface area contributed by atoms with Gasteiger partial charge >= 0.3 is 11.8 Å². The number of nitrogens with zero attached hydrogens (tertiary/aromatic N) is 1. The van der Waals surface area contributed by atoms with Crippen LogP contribution in [0.2, 0.25) is 5.02 Å². The Morgan fingerprint density at radius 2 is 2.14 bits per heavy atom. The lowest BCUT2D eigenvalue weighted by Crippen LogP contribution is -2.44. The van der Waals surface area contributed by atoms with Gasteiger partial charge in [-0.3, -0.25) is 9.59 Å². The normalized spacial score (nSPS) is 18.0. The second-order valence-electron chi connectivity index (χ2n) is 5.75. The van der Waals surface area contributed by atoms with E-state index in [4.69, 9.17) is 16.3 Å². The highest BCUT2D eigenvalue weighted by molar-refractivity contribution is 6.39. The van der Waals surface area contributed by atoms with E-state index in [0.29, 0.717) is 35.5 Å². The van der Waals surface area contributed by atoms with Crippen LogP contribution in [0.1, 0.15) is 25.3 Å². The van der Waals surface area contributed by atoms with E-state index >= 15 is 0 Å². The molecule has 1 atom stereocenters. The van der Waals surface area contributed by atoms with E-state index in [1.807, 2.05) is 6.92 Å². The smallest absolute Gasteiger partial charge is 0.314 e. The number of nitrogens with one attached hydrogen (secondary N) is 1. The number of piperidine rings is 1. The van der Waals surface area contributed by atoms with Gasteiger partial charge < -0.3 is 15.0 Å². The molecule has 0 bridgehead atoms. The van der Waals surface area contributed by atoms with Crippen LogP contribution in [-0.4, -0.2) is 36.9 Å². The lowest BCUT2D eigenvalue weighted by Gasteiger charge is -2.30. The van der Waals surface area contributed by atoms with Crippen molar-refractivity contribution in [3.63, 3.8) is 0 Å². The molecule has 1 N–H and O–H groups in total. The third kappa shape index (κ3) is 3.71. The third-order valence-corrected chi connectivity index (χ3v) is 4.27. The van der Waals surface area contributed by atoms with Crippen LogP contribution in [-0.2, 0) is 9.59 Å². The molecule has 120 valence electrons. The Morgan fingerprint density at radius 1 is 1.41 bits per heavy atom. The molecule has 0 aliphatic carbocycles. The van der Waals surface area contributed by atoms with E-state index in [9.17, 15) is 9.59 Å². The zero-order chi connectivity index (χ0) is 16.3. The van der Waals surface area contributed by atoms with E-state index < -0.39 is 11.8 Å². The maximum absolute atomic E-state index is 12.2. The zero-order valence-electron chi connectivity index (χ0n) is 13.1. The number of anilines is 1. The molecular formula is C16H21ClN2O3. The Bertz CT molecular complexity index is 589. The first-order valence-corrected chi connectivity index (χ1v) is 7.74. The third-order valence-electron chi connectivity index (χ3n) is 3.87. The van der Waals surface area contributed by atoms with Crippen LogP contribution in [0.3, 0.4) is 0 Å². The molecule has 5 nitrogen and oxygen atoms in total. The molecule has 0 aromatic heterocycles. The zero-order valence-corrected chi connectivity index (χ0v) is 13.9. The molecular weight excluding hydrogens is 304 g/mol. The largest absolute Gasteiger partial charge is 0.495 e. The molecule has 1 heterocycles. The summed E-state index contributed by atoms with van der Waals surface area (Å²) < 4.78 is 5.20. The van der Waals surface area contributed by atoms with E-state index in [1.54, 1.807) is 17.0 Å². The summed E-state index contributed by atoms with van der Waals surface area (Å²) >= 11 is 6.03. The van der Waals surface area contributed by atoms with Gasteiger partial charge in [-0.05, 0) is 37.3 Å². The number of ether oxygens (including phenoxy) is 1. The number of hydrogen-bond acceptors (Lipinski definition) is 3. The van der Waals surface area contributed by atoms with Gasteiger partial charge in [-0.15, -0.1) is 0 Å². The maximum Gasteiger partial charge on any atom is 0.314 e. The van der Waals surface area contributed by atoms with Gasteiger partial charge in [-0.25, -0.2) is 0 Å². The van der Waals surface area contributed by atoms with Crippen LogP contribution in [0.25, 0.3) is 0 Å². The molecule has 1 saturated heterocycles. The van der Waals surface area contributed by atoms with Crippen LogP contribution in [0, 0.1) is 12.8 Å². The van der Waals surface area contributed by atoms with Crippen molar-refractivity contribution in [3.05, 3.63) is 22.7 Å². The Kier molecular flexibility index (Phi) is 5.29. The molecule has 1 aliphatic heterocycles. The topological polar surface area (TPSA) is 58.6 Å². The van der Waals surface area contributed by atoms with Crippen molar-refractivity contribution < 1.29 is 14.3 Å². The number of hydrogen-bond donors (Lipinski definition) is 1. The minimum absolute atomic E-state index is 0.429. The SMILES string of the molecule is COc1cc(Cl)c(C)cc1NC(=O)C(=O)N1CCCC(C)C1. The van der Waals surface area contributed by atoms with Crippen LogP contribution < -0.4 is 10.1 Å². The van der Waals surface area contributed by atoms with Crippen molar-refractivity contribution in [2.24, 2.45) is 5.92 Å². The summed E-state index contributed by atoms with van der Waals surface area (Å²) in [6.45, 7) is 5.17. The van der Waals surface area contributed by atoms with Crippen molar-refractivity contribution in [2.75, 3.05) is 25.5 Å². The Hall–Kier alpha value is -1.75. The highest BCUT2D eigenvalue weighted by Gasteiger charge is 2.26. The van der Waals surface area contributed by atoms with Crippen molar-refractivity contribution >= 4 is 29.1 Å². The fraction of sp³-hybridized carbons (Fsp3) is 0.500. The van der Waals surface area contributed by atoms with Gasteiger partial charge in [0.25, 0.3) is 0 Å². The molecule has 1 aromatic rings. The number of rotatable bonds is 2. The average molecular weight is 325 g/mol. The molecule has 0 radical (unpaired) electrons. The summed E-state index contributed by atoms with van der Waals surface area (Å²) in [6, 6.07) is 3.32. The van der Waals surface area contributed by atoms with E-state index in [-0.39, 0.29) is 0 Å². The number of carbonyl (C=O) groups is 2. The van der Waals surface area contributed by atoms with Gasteiger partial charge in [0, 0.05) is 24.2 Å². The summed E-state index contributed by atoms with van der Waals surface area (Å²) in [5.74, 6) is -0.281. The first kappa shape index (κ1) is 16.6. The number of carbonyl (C=O) groups excluding carboxylic acids is 2. The standard InChI is InChI=1S/C16H21ClN2O3/c1-10-5-4-6-19(9-10)16(21)15(20)18-13-7-11(2)12(17)8-14(13)22-3/h7-8,10H,4-6,9H2,1-3H3,(H,18,20). The second kappa shape index (κ2) is 7.01. The predicted octanol–water partition coefficient (Wildman–Crippen LogP) is 2.85. The summed E-state index contributed by atoms with van der Waals surface area (Å²) in [7, 11) is 1.49. The fourth-order valence-corrected chi connectivity index (χ4v) is 2.78. The second-order valence-corrected chi connectivity index (χ2v) is 6.16. The molecule has 1 unspecified atom stereocenters. The van der Waals surface area contributed by atoms with Crippen LogP contribution in [0.5, 0.6) is 5.75 Å². The highest BCUT2D eigenvalue weighted by atomic mass is 35.5. The van der Waals surface area contributed by atoms with Crippen LogP contribution in [0.15, 0.2) is 12.1 Å². The number of methoxy groups -OCH3 is 1. The van der Waals surface area contributed by atoms with Crippen LogP contribution in [0.4, 0.5) is 5.69 Å². The van der Waals surface area contributed by atoms with Crippen molar-refractivity contribution in [3.8, 4) is 5.75 Å². The molecule has 6 heteroatoms. The van der Waals surface area contributed by atoms with Crippen molar-refractivity contribution in [2.45, 2.75) is 26.7 Å². The lowest BCUT2D eigenvalue weighted by molar-refractivity contribution is -0.144. The Morgan fingerprint density at radius 3 is 2.77 bits per heavy atom. The van der Waals surface area contributed by atoms with E-state index in [1.165, 1.54) is 7.11 Å². The number of halogens is 1. The minimum atomic E-state index is -0.644. The minimum Gasteiger partial charge on any atom is -0.495 e. The Labute approximate surface area is 135 Å². The number of likely N-dealkylation sites (tertiary alicyclic amines) is 1. The van der Waals surface area contributed by atoms with Crippen molar-refractivity contribution in [1.82, 2.24) is 4.90 Å². The highest BCUT2D eigenvalue weighted by Crippen LogP contribution is 2.31. The first-order chi connectivity index (χ1) is 10.4. The molecule has 2 rings (SSSR count). The molecule has 0 spiro atoms. The number of aryl methyl sites for hydroxylation is 1. The van der Waals surface area contributed by atoms with E-state index in [0.717, 1.165) is 18.4 Å². The monoisotopic (exact) mass is 324 g/mol. The van der Waals surface area contributed by atoms with Crippen LogP contribution >= 0.6 is 11.6 Å². The molecule has 22 heavy (non-hydrogen) atoms. The quantitative estimate of drug-likeness (QED) is 0.851. The summed E-state index contributed by atoms with van der Waals surface area (Å²) in [4.78, 5) is 26.0. The Balaban J connectivity index is 2.11. The summed E-state index contributed by atoms with van der Waals surface area (Å²) in [5, 5.41) is 3.17. The first-order valence-electron chi connectivity index (χ1n) is 7.36. The molecule has 1 aliphatic rings. The molecule has 1 aromatic carbocycles. The van der Waals surface area contributed by atoms with Gasteiger partial charge in [-0.1, -0.05) is 18.5 Å². The number of amides is 2. The number of benzene rings is 1. The van der Waals surface area contributed by atoms with E-state index in [2.05, 4.69) is 12.2 Å². The molecule has 2 amide bonds. The summed E-state index contributed by atoms with van der Waals surface area (Å²) in [6.07, 6.45) is 2.03. The van der Waals surface area contributed by atoms with Gasteiger partial charge in [-0.2, -0.15) is 0 Å². The average Bonchev–Trinajstić information content (AvgIpc) is 2.49. The van der Waals surface area contributed by atoms with Gasteiger partial charge in [0.05, 0.1) is 12.8 Å². The fourth-order valence-electron chi connectivity index (χ4n) is 2.62. The summed E-state index contributed by atoms with van der Waals surface area (Å²) in [5.41, 5.74) is 1.25. The predicted molar refractivity (Wildman–Crippen MR) is 86.3 cm³/mol. The van der Waals surface area contributed by atoms with Gasteiger partial charge in [0.15, 0.2) is 0 Å². The van der Waals surface area contributed by atoms with Gasteiger partial charge in [0.2, 0.25) is 0 Å². The van der Waals surface area contributed by atoms with Gasteiger partial charge in [0.1, 0.15) is 5.75 Å². The lowest BCUT2D eigenvalue weighted by atomic mass is 10.0. The molecule has 1 fully saturated rings. The maximum atomic E-state index is 12.2.